The fourth-order valence-electron chi connectivity index (χ4n) is 1.79. The maximum atomic E-state index is 5.80. The van der Waals surface area contributed by atoms with Gasteiger partial charge in [0.15, 0.2) is 0 Å². The number of nitrogens with two attached hydrogens (primary N) is 1. The van der Waals surface area contributed by atoms with Gasteiger partial charge in [0.1, 0.15) is 5.82 Å². The average molecular weight is 249 g/mol. The monoisotopic (exact) mass is 248 g/mol. The van der Waals surface area contributed by atoms with Gasteiger partial charge in [0.2, 0.25) is 11.2 Å². The molecule has 17 heavy (non-hydrogen) atoms. The Hall–Kier alpha value is -1.68. The molecular weight excluding hydrogens is 236 g/mol. The summed E-state index contributed by atoms with van der Waals surface area (Å²) in [6, 6.07) is 10.0. The zero-order valence-electron chi connectivity index (χ0n) is 9.47. The van der Waals surface area contributed by atoms with Crippen LogP contribution in [0.15, 0.2) is 30.3 Å². The third kappa shape index (κ3) is 2.71. The maximum absolute atomic E-state index is 5.80. The van der Waals surface area contributed by atoms with E-state index in [0.717, 1.165) is 12.0 Å². The average Bonchev–Trinajstić information content (AvgIpc) is 2.30. The predicted molar refractivity (Wildman–Crippen MR) is 67.8 cm³/mol. The van der Waals surface area contributed by atoms with Crippen molar-refractivity contribution in [3.05, 3.63) is 47.0 Å². The minimum absolute atomic E-state index is 0.0963. The number of nitrogen functional groups attached to an aromatic ring is 1. The predicted octanol–water partition coefficient (Wildman–Crippen LogP) is 2.65. The van der Waals surface area contributed by atoms with Gasteiger partial charge in [0.25, 0.3) is 0 Å². The molecule has 0 aliphatic heterocycles. The molecule has 0 radical (unpaired) electrons. The summed E-state index contributed by atoms with van der Waals surface area (Å²) < 4.78 is 0. The Balaban J connectivity index is 2.42. The molecule has 1 aromatic heterocycles. The Kier molecular flexibility index (Phi) is 3.54. The summed E-state index contributed by atoms with van der Waals surface area (Å²) in [6.45, 7) is 2.07. The van der Waals surface area contributed by atoms with Crippen LogP contribution in [0.3, 0.4) is 0 Å². The van der Waals surface area contributed by atoms with Gasteiger partial charge in [-0.3, -0.25) is 0 Å². The molecule has 0 bridgehead atoms. The first-order chi connectivity index (χ1) is 8.20. The topological polar surface area (TPSA) is 64.7 Å². The van der Waals surface area contributed by atoms with Crippen LogP contribution in [0.25, 0.3) is 0 Å². The summed E-state index contributed by atoms with van der Waals surface area (Å²) >= 11 is 5.80. The van der Waals surface area contributed by atoms with Crippen LogP contribution in [0.2, 0.25) is 5.28 Å². The molecule has 0 saturated heterocycles. The molecule has 0 aliphatic rings. The number of nitrogens with zero attached hydrogens (tertiary/aromatic N) is 3. The highest BCUT2D eigenvalue weighted by Gasteiger charge is 2.16. The quantitative estimate of drug-likeness (QED) is 0.907. The van der Waals surface area contributed by atoms with E-state index in [1.54, 1.807) is 0 Å². The normalized spacial score (nSPS) is 12.4. The van der Waals surface area contributed by atoms with Gasteiger partial charge in [-0.1, -0.05) is 37.3 Å². The minimum atomic E-state index is 0.0963. The van der Waals surface area contributed by atoms with Crippen LogP contribution >= 0.6 is 11.6 Å². The lowest BCUT2D eigenvalue weighted by atomic mass is 9.96. The van der Waals surface area contributed by atoms with E-state index in [1.807, 2.05) is 30.3 Å². The van der Waals surface area contributed by atoms with Crippen molar-refractivity contribution in [3.8, 4) is 0 Å². The molecule has 88 valence electrons. The van der Waals surface area contributed by atoms with Crippen molar-refractivity contribution in [1.29, 1.82) is 0 Å². The van der Waals surface area contributed by atoms with Crippen LogP contribution in [-0.4, -0.2) is 15.0 Å². The number of hydrogen-bond acceptors (Lipinski definition) is 4. The van der Waals surface area contributed by atoms with Gasteiger partial charge in [-0.2, -0.15) is 9.97 Å². The zero-order valence-corrected chi connectivity index (χ0v) is 10.2. The summed E-state index contributed by atoms with van der Waals surface area (Å²) in [5, 5.41) is 0.141. The van der Waals surface area contributed by atoms with Crippen LogP contribution in [0.5, 0.6) is 0 Å². The fourth-order valence-corrected chi connectivity index (χ4v) is 1.96. The Labute approximate surface area is 105 Å². The van der Waals surface area contributed by atoms with Gasteiger partial charge in [-0.05, 0) is 23.6 Å². The molecule has 0 fully saturated rings. The van der Waals surface area contributed by atoms with Crippen molar-refractivity contribution in [1.82, 2.24) is 15.0 Å². The third-order valence-electron chi connectivity index (χ3n) is 2.56. The highest BCUT2D eigenvalue weighted by atomic mass is 35.5. The standard InChI is InChI=1S/C12H13ClN4/c1-2-9(8-6-4-3-5-7-8)10-15-11(13)17-12(14)16-10/h3-7,9H,2H2,1H3,(H2,14,15,16,17). The summed E-state index contributed by atoms with van der Waals surface area (Å²) in [5.74, 6) is 0.879. The molecule has 1 atom stereocenters. The van der Waals surface area contributed by atoms with Crippen molar-refractivity contribution >= 4 is 17.5 Å². The molecule has 2 rings (SSSR count). The summed E-state index contributed by atoms with van der Waals surface area (Å²) in [4.78, 5) is 12.1. The van der Waals surface area contributed by atoms with E-state index in [2.05, 4.69) is 21.9 Å². The third-order valence-corrected chi connectivity index (χ3v) is 2.73. The van der Waals surface area contributed by atoms with Gasteiger partial charge >= 0.3 is 0 Å². The van der Waals surface area contributed by atoms with Crippen molar-refractivity contribution in [2.75, 3.05) is 5.73 Å². The maximum Gasteiger partial charge on any atom is 0.227 e. The number of anilines is 1. The molecule has 1 heterocycles. The fraction of sp³-hybridized carbons (Fsp3) is 0.250. The van der Waals surface area contributed by atoms with Crippen molar-refractivity contribution in [2.45, 2.75) is 19.3 Å². The second-order valence-electron chi connectivity index (χ2n) is 3.69. The molecule has 0 aliphatic carbocycles. The summed E-state index contributed by atoms with van der Waals surface area (Å²) in [6.07, 6.45) is 0.879. The molecule has 2 aromatic rings. The zero-order chi connectivity index (χ0) is 12.3. The van der Waals surface area contributed by atoms with E-state index in [9.17, 15) is 0 Å². The molecule has 0 amide bonds. The van der Waals surface area contributed by atoms with Gasteiger partial charge in [0.05, 0.1) is 0 Å². The second-order valence-corrected chi connectivity index (χ2v) is 4.03. The van der Waals surface area contributed by atoms with Crippen molar-refractivity contribution in [2.24, 2.45) is 0 Å². The van der Waals surface area contributed by atoms with E-state index in [0.29, 0.717) is 5.82 Å². The Morgan fingerprint density at radius 3 is 2.47 bits per heavy atom. The SMILES string of the molecule is CCC(c1ccccc1)c1nc(N)nc(Cl)n1. The molecule has 1 aromatic carbocycles. The van der Waals surface area contributed by atoms with E-state index in [-0.39, 0.29) is 17.1 Å². The van der Waals surface area contributed by atoms with E-state index >= 15 is 0 Å². The van der Waals surface area contributed by atoms with Crippen LogP contribution in [0.1, 0.15) is 30.7 Å². The van der Waals surface area contributed by atoms with E-state index < -0.39 is 0 Å². The lowest BCUT2D eigenvalue weighted by Crippen LogP contribution is -2.09. The van der Waals surface area contributed by atoms with Crippen LogP contribution in [-0.2, 0) is 0 Å². The molecule has 0 spiro atoms. The molecule has 2 N–H and O–H groups in total. The summed E-state index contributed by atoms with van der Waals surface area (Å²) in [7, 11) is 0. The molecule has 4 nitrogen and oxygen atoms in total. The molecule has 5 heteroatoms. The minimum Gasteiger partial charge on any atom is -0.368 e. The number of halogens is 1. The first-order valence-corrected chi connectivity index (χ1v) is 5.80. The molecular formula is C12H13ClN4. The first kappa shape index (κ1) is 11.8. The Morgan fingerprint density at radius 2 is 1.88 bits per heavy atom. The van der Waals surface area contributed by atoms with Crippen molar-refractivity contribution in [3.63, 3.8) is 0 Å². The number of rotatable bonds is 3. The first-order valence-electron chi connectivity index (χ1n) is 5.42. The van der Waals surface area contributed by atoms with Crippen LogP contribution in [0.4, 0.5) is 5.95 Å². The second kappa shape index (κ2) is 5.10. The van der Waals surface area contributed by atoms with Gasteiger partial charge in [0, 0.05) is 5.92 Å². The van der Waals surface area contributed by atoms with E-state index in [1.165, 1.54) is 0 Å². The van der Waals surface area contributed by atoms with Gasteiger partial charge < -0.3 is 5.73 Å². The van der Waals surface area contributed by atoms with Gasteiger partial charge in [-0.15, -0.1) is 0 Å². The highest BCUT2D eigenvalue weighted by molar-refractivity contribution is 6.28. The van der Waals surface area contributed by atoms with Gasteiger partial charge in [-0.25, -0.2) is 4.98 Å². The highest BCUT2D eigenvalue weighted by Crippen LogP contribution is 2.25. The van der Waals surface area contributed by atoms with E-state index in [4.69, 9.17) is 17.3 Å². The van der Waals surface area contributed by atoms with Crippen LogP contribution < -0.4 is 5.73 Å². The van der Waals surface area contributed by atoms with Crippen molar-refractivity contribution < 1.29 is 0 Å². The van der Waals surface area contributed by atoms with Crippen LogP contribution in [0, 0.1) is 0 Å². The molecule has 1 unspecified atom stereocenters. The lowest BCUT2D eigenvalue weighted by Gasteiger charge is -2.13. The molecule has 0 saturated carbocycles. The number of hydrogen-bond donors (Lipinski definition) is 1. The number of benzene rings is 1. The summed E-state index contributed by atoms with van der Waals surface area (Å²) in [5.41, 5.74) is 6.73. The lowest BCUT2D eigenvalue weighted by molar-refractivity contribution is 0.711. The Bertz CT molecular complexity index is 481. The number of aromatic nitrogens is 3. The smallest absolute Gasteiger partial charge is 0.227 e. The largest absolute Gasteiger partial charge is 0.368 e. The Morgan fingerprint density at radius 1 is 1.18 bits per heavy atom.